The summed E-state index contributed by atoms with van der Waals surface area (Å²) in [6.45, 7) is 7.07. The molecule has 0 spiro atoms. The van der Waals surface area contributed by atoms with Crippen LogP contribution in [0, 0.1) is 0 Å². The molecule has 7 heteroatoms. The van der Waals surface area contributed by atoms with Gasteiger partial charge in [-0.1, -0.05) is 13.8 Å². The summed E-state index contributed by atoms with van der Waals surface area (Å²) in [6, 6.07) is 0.338. The Morgan fingerprint density at radius 1 is 1.29 bits per heavy atom. The largest absolute Gasteiger partial charge is 0.473 e. The van der Waals surface area contributed by atoms with E-state index in [1.807, 2.05) is 20.8 Å². The molecular formula is C10H19N3O3S. The van der Waals surface area contributed by atoms with Crippen molar-refractivity contribution in [3.63, 3.8) is 0 Å². The van der Waals surface area contributed by atoms with Crippen LogP contribution < -0.4 is 14.8 Å². The molecule has 1 aromatic rings. The molecule has 98 valence electrons. The van der Waals surface area contributed by atoms with Gasteiger partial charge in [-0.25, -0.2) is 0 Å². The van der Waals surface area contributed by atoms with Crippen molar-refractivity contribution in [1.29, 1.82) is 0 Å². The number of rotatable bonds is 8. The number of aromatic nitrogens is 2. The van der Waals surface area contributed by atoms with Gasteiger partial charge in [0.05, 0.1) is 18.3 Å². The van der Waals surface area contributed by atoms with Gasteiger partial charge in [-0.2, -0.15) is 0 Å². The molecule has 1 unspecified atom stereocenters. The van der Waals surface area contributed by atoms with Crippen molar-refractivity contribution in [2.75, 3.05) is 19.8 Å². The summed E-state index contributed by atoms with van der Waals surface area (Å²) in [5.74, 6) is 0.738. The highest BCUT2D eigenvalue weighted by Crippen LogP contribution is 2.23. The lowest BCUT2D eigenvalue weighted by Crippen LogP contribution is -2.35. The lowest BCUT2D eigenvalue weighted by Gasteiger charge is -2.14. The van der Waals surface area contributed by atoms with Crippen LogP contribution in [0.4, 0.5) is 0 Å². The van der Waals surface area contributed by atoms with Crippen molar-refractivity contribution < 1.29 is 14.6 Å². The van der Waals surface area contributed by atoms with Gasteiger partial charge in [0, 0.05) is 12.6 Å². The first kappa shape index (κ1) is 14.1. The molecule has 0 bridgehead atoms. The second-order valence-corrected chi connectivity index (χ2v) is 4.36. The van der Waals surface area contributed by atoms with E-state index in [2.05, 4.69) is 14.1 Å². The van der Waals surface area contributed by atoms with Crippen LogP contribution in [0.15, 0.2) is 0 Å². The summed E-state index contributed by atoms with van der Waals surface area (Å²) in [6.07, 6.45) is -0.575. The topological polar surface area (TPSA) is 76.5 Å². The number of nitrogens with zero attached hydrogens (tertiary/aromatic N) is 2. The first-order valence-electron chi connectivity index (χ1n) is 5.63. The Kier molecular flexibility index (Phi) is 6.17. The molecule has 1 heterocycles. The number of nitrogens with one attached hydrogen (secondary N) is 1. The van der Waals surface area contributed by atoms with Gasteiger partial charge in [0.2, 0.25) is 0 Å². The summed E-state index contributed by atoms with van der Waals surface area (Å²) in [5.41, 5.74) is 0. The zero-order valence-corrected chi connectivity index (χ0v) is 11.2. The molecule has 0 saturated heterocycles. The first-order chi connectivity index (χ1) is 8.13. The molecule has 0 amide bonds. The number of aliphatic hydroxyl groups is 1. The van der Waals surface area contributed by atoms with E-state index in [1.165, 1.54) is 0 Å². The molecule has 1 atom stereocenters. The van der Waals surface area contributed by atoms with Crippen LogP contribution in [-0.2, 0) is 0 Å². The fourth-order valence-corrected chi connectivity index (χ4v) is 1.54. The van der Waals surface area contributed by atoms with Gasteiger partial charge in [0.25, 0.3) is 11.8 Å². The Morgan fingerprint density at radius 2 is 1.94 bits per heavy atom. The molecule has 0 saturated carbocycles. The Bertz CT molecular complexity index is 319. The molecule has 17 heavy (non-hydrogen) atoms. The van der Waals surface area contributed by atoms with E-state index in [9.17, 15) is 5.11 Å². The molecule has 0 radical (unpaired) electrons. The fraction of sp³-hybridized carbons (Fsp3) is 0.800. The predicted octanol–water partition coefficient (Wildman–Crippen LogP) is 0.674. The van der Waals surface area contributed by atoms with Gasteiger partial charge < -0.3 is 19.9 Å². The van der Waals surface area contributed by atoms with Crippen molar-refractivity contribution >= 4 is 11.7 Å². The van der Waals surface area contributed by atoms with Crippen molar-refractivity contribution in [3.05, 3.63) is 0 Å². The summed E-state index contributed by atoms with van der Waals surface area (Å²) >= 11 is 1.03. The van der Waals surface area contributed by atoms with E-state index in [0.29, 0.717) is 31.0 Å². The molecule has 2 N–H and O–H groups in total. The van der Waals surface area contributed by atoms with Crippen LogP contribution in [0.1, 0.15) is 20.8 Å². The Labute approximate surface area is 105 Å². The van der Waals surface area contributed by atoms with Gasteiger partial charge in [-0.15, -0.1) is 8.75 Å². The summed E-state index contributed by atoms with van der Waals surface area (Å²) in [7, 11) is 0. The van der Waals surface area contributed by atoms with Crippen LogP contribution >= 0.6 is 11.7 Å². The third-order valence-corrected chi connectivity index (χ3v) is 2.38. The molecule has 0 fully saturated rings. The van der Waals surface area contributed by atoms with Gasteiger partial charge in [-0.05, 0) is 6.92 Å². The predicted molar refractivity (Wildman–Crippen MR) is 65.7 cm³/mol. The van der Waals surface area contributed by atoms with Crippen LogP contribution in [0.2, 0.25) is 0 Å². The van der Waals surface area contributed by atoms with E-state index in [4.69, 9.17) is 9.47 Å². The maximum Gasteiger partial charge on any atom is 0.291 e. The van der Waals surface area contributed by atoms with Crippen molar-refractivity contribution in [1.82, 2.24) is 14.1 Å². The molecule has 1 aromatic heterocycles. The standard InChI is InChI=1S/C10H19N3O3S/c1-4-15-9-10(13-17-12-9)16-6-8(14)5-11-7(2)3/h7-8,11,14H,4-6H2,1-3H3. The zero-order valence-electron chi connectivity index (χ0n) is 10.3. The van der Waals surface area contributed by atoms with Crippen molar-refractivity contribution in [3.8, 4) is 11.8 Å². The van der Waals surface area contributed by atoms with Gasteiger partial charge in [0.1, 0.15) is 12.7 Å². The van der Waals surface area contributed by atoms with E-state index >= 15 is 0 Å². The van der Waals surface area contributed by atoms with E-state index in [-0.39, 0.29) is 6.61 Å². The highest BCUT2D eigenvalue weighted by molar-refractivity contribution is 6.99. The van der Waals surface area contributed by atoms with E-state index < -0.39 is 6.10 Å². The van der Waals surface area contributed by atoms with Crippen LogP contribution in [-0.4, -0.2) is 45.8 Å². The van der Waals surface area contributed by atoms with Crippen LogP contribution in [0.3, 0.4) is 0 Å². The lowest BCUT2D eigenvalue weighted by atomic mass is 10.3. The quantitative estimate of drug-likeness (QED) is 0.716. The monoisotopic (exact) mass is 261 g/mol. The molecule has 0 aliphatic heterocycles. The van der Waals surface area contributed by atoms with Gasteiger partial charge >= 0.3 is 0 Å². The average Bonchev–Trinajstić information content (AvgIpc) is 2.71. The van der Waals surface area contributed by atoms with Gasteiger partial charge in [0.15, 0.2) is 0 Å². The minimum absolute atomic E-state index is 0.172. The Morgan fingerprint density at radius 3 is 2.53 bits per heavy atom. The second-order valence-electron chi connectivity index (χ2n) is 3.84. The van der Waals surface area contributed by atoms with Crippen LogP contribution in [0.5, 0.6) is 11.8 Å². The summed E-state index contributed by atoms with van der Waals surface area (Å²) in [4.78, 5) is 0. The summed E-state index contributed by atoms with van der Waals surface area (Å²) < 4.78 is 18.5. The highest BCUT2D eigenvalue weighted by atomic mass is 32.1. The molecule has 0 aliphatic rings. The third kappa shape index (κ3) is 5.29. The maximum absolute atomic E-state index is 9.64. The molecule has 6 nitrogen and oxygen atoms in total. The number of ether oxygens (including phenoxy) is 2. The number of hydrogen-bond donors (Lipinski definition) is 2. The van der Waals surface area contributed by atoms with Crippen LogP contribution in [0.25, 0.3) is 0 Å². The minimum atomic E-state index is -0.575. The Hall–Kier alpha value is -0.920. The third-order valence-electron chi connectivity index (χ3n) is 1.89. The van der Waals surface area contributed by atoms with Crippen molar-refractivity contribution in [2.45, 2.75) is 32.9 Å². The summed E-state index contributed by atoms with van der Waals surface area (Å²) in [5, 5.41) is 12.8. The van der Waals surface area contributed by atoms with E-state index in [0.717, 1.165) is 11.7 Å². The smallest absolute Gasteiger partial charge is 0.291 e. The average molecular weight is 261 g/mol. The normalized spacial score (nSPS) is 12.8. The second kappa shape index (κ2) is 7.41. The molecule has 1 rings (SSSR count). The fourth-order valence-electron chi connectivity index (χ4n) is 1.09. The molecule has 0 aliphatic carbocycles. The number of hydrogen-bond acceptors (Lipinski definition) is 7. The molecular weight excluding hydrogens is 242 g/mol. The zero-order chi connectivity index (χ0) is 12.7. The number of aliphatic hydroxyl groups excluding tert-OH is 1. The first-order valence-corrected chi connectivity index (χ1v) is 6.36. The highest BCUT2D eigenvalue weighted by Gasteiger charge is 2.13. The minimum Gasteiger partial charge on any atom is -0.473 e. The lowest BCUT2D eigenvalue weighted by molar-refractivity contribution is 0.100. The van der Waals surface area contributed by atoms with E-state index in [1.54, 1.807) is 0 Å². The SMILES string of the molecule is CCOc1nsnc1OCC(O)CNC(C)C. The molecule has 0 aromatic carbocycles. The Balaban J connectivity index is 2.31. The maximum atomic E-state index is 9.64. The van der Waals surface area contributed by atoms with Crippen molar-refractivity contribution in [2.24, 2.45) is 0 Å². The van der Waals surface area contributed by atoms with Gasteiger partial charge in [-0.3, -0.25) is 0 Å².